The van der Waals surface area contributed by atoms with Crippen molar-refractivity contribution in [3.63, 3.8) is 0 Å². The molecular weight excluding hydrogens is 144 g/mol. The Hall–Kier alpha value is 0.0200. The SMILES string of the molecule is O=C1CCC2CCCC1S2. The maximum absolute atomic E-state index is 11.2. The average Bonchev–Trinajstić information content (AvgIpc) is 1.99. The quantitative estimate of drug-likeness (QED) is 0.533. The summed E-state index contributed by atoms with van der Waals surface area (Å²) in [6.45, 7) is 0. The summed E-state index contributed by atoms with van der Waals surface area (Å²) in [7, 11) is 0. The van der Waals surface area contributed by atoms with E-state index >= 15 is 0 Å². The highest BCUT2D eigenvalue weighted by Gasteiger charge is 2.31. The van der Waals surface area contributed by atoms with E-state index < -0.39 is 0 Å². The van der Waals surface area contributed by atoms with Gasteiger partial charge in [-0.05, 0) is 19.3 Å². The number of hydrogen-bond donors (Lipinski definition) is 0. The van der Waals surface area contributed by atoms with Gasteiger partial charge < -0.3 is 0 Å². The molecule has 2 heteroatoms. The molecule has 2 heterocycles. The Kier molecular flexibility index (Phi) is 1.73. The fourth-order valence-corrected chi connectivity index (χ4v) is 3.41. The lowest BCUT2D eigenvalue weighted by atomic mass is 9.98. The van der Waals surface area contributed by atoms with Crippen LogP contribution in [0, 0.1) is 0 Å². The van der Waals surface area contributed by atoms with E-state index in [4.69, 9.17) is 0 Å². The van der Waals surface area contributed by atoms with Crippen LogP contribution in [0.2, 0.25) is 0 Å². The van der Waals surface area contributed by atoms with Gasteiger partial charge in [0, 0.05) is 11.7 Å². The van der Waals surface area contributed by atoms with Crippen LogP contribution < -0.4 is 0 Å². The second kappa shape index (κ2) is 2.57. The van der Waals surface area contributed by atoms with Gasteiger partial charge in [-0.2, -0.15) is 0 Å². The molecule has 10 heavy (non-hydrogen) atoms. The van der Waals surface area contributed by atoms with Gasteiger partial charge in [0.15, 0.2) is 0 Å². The third-order valence-electron chi connectivity index (χ3n) is 2.42. The molecule has 0 saturated carbocycles. The van der Waals surface area contributed by atoms with Gasteiger partial charge in [0.25, 0.3) is 0 Å². The maximum atomic E-state index is 11.2. The van der Waals surface area contributed by atoms with Gasteiger partial charge >= 0.3 is 0 Å². The first-order valence-electron chi connectivity index (χ1n) is 4.04. The molecular formula is C8H12OS. The molecule has 2 rings (SSSR count). The van der Waals surface area contributed by atoms with Crippen LogP contribution in [0.15, 0.2) is 0 Å². The molecule has 2 unspecified atom stereocenters. The first kappa shape index (κ1) is 6.71. The number of fused-ring (bicyclic) bond motifs is 2. The smallest absolute Gasteiger partial charge is 0.145 e. The molecule has 2 saturated heterocycles. The van der Waals surface area contributed by atoms with E-state index in [-0.39, 0.29) is 0 Å². The van der Waals surface area contributed by atoms with Crippen LogP contribution in [0.3, 0.4) is 0 Å². The molecule has 2 bridgehead atoms. The van der Waals surface area contributed by atoms with Gasteiger partial charge in [-0.1, -0.05) is 6.42 Å². The normalized spacial score (nSPS) is 39.8. The molecule has 0 amide bonds. The summed E-state index contributed by atoms with van der Waals surface area (Å²) in [4.78, 5) is 11.2. The molecule has 0 aliphatic carbocycles. The number of Topliss-reactive ketones (excluding diaryl/α,β-unsaturated/α-hetero) is 1. The number of carbonyl (C=O) groups excluding carboxylic acids is 1. The van der Waals surface area contributed by atoms with Crippen LogP contribution >= 0.6 is 11.8 Å². The van der Waals surface area contributed by atoms with Crippen LogP contribution in [0.4, 0.5) is 0 Å². The Morgan fingerprint density at radius 3 is 3.00 bits per heavy atom. The number of thioether (sulfide) groups is 1. The van der Waals surface area contributed by atoms with Gasteiger partial charge in [0.2, 0.25) is 0 Å². The monoisotopic (exact) mass is 156 g/mol. The Morgan fingerprint density at radius 1 is 1.30 bits per heavy atom. The second-order valence-electron chi connectivity index (χ2n) is 3.18. The maximum Gasteiger partial charge on any atom is 0.145 e. The molecule has 2 atom stereocenters. The summed E-state index contributed by atoms with van der Waals surface area (Å²) in [5, 5.41) is 1.23. The summed E-state index contributed by atoms with van der Waals surface area (Å²) < 4.78 is 0. The first-order chi connectivity index (χ1) is 4.86. The number of carbonyl (C=O) groups is 1. The van der Waals surface area contributed by atoms with E-state index in [0.717, 1.165) is 24.5 Å². The van der Waals surface area contributed by atoms with Gasteiger partial charge in [0.05, 0.1) is 5.25 Å². The largest absolute Gasteiger partial charge is 0.298 e. The van der Waals surface area contributed by atoms with E-state index in [9.17, 15) is 4.79 Å². The summed E-state index contributed by atoms with van der Waals surface area (Å²) in [6, 6.07) is 0. The Bertz CT molecular complexity index is 155. The van der Waals surface area contributed by atoms with E-state index in [0.29, 0.717) is 11.0 Å². The molecule has 2 fully saturated rings. The van der Waals surface area contributed by atoms with E-state index in [2.05, 4.69) is 0 Å². The predicted molar refractivity (Wildman–Crippen MR) is 43.3 cm³/mol. The molecule has 2 aliphatic rings. The fraction of sp³-hybridized carbons (Fsp3) is 0.875. The Morgan fingerprint density at radius 2 is 2.20 bits per heavy atom. The van der Waals surface area contributed by atoms with Gasteiger partial charge in [-0.3, -0.25) is 4.79 Å². The van der Waals surface area contributed by atoms with E-state index in [1.165, 1.54) is 12.8 Å². The highest BCUT2D eigenvalue weighted by Crippen LogP contribution is 2.39. The first-order valence-corrected chi connectivity index (χ1v) is 4.99. The van der Waals surface area contributed by atoms with Crippen molar-refractivity contribution in [2.24, 2.45) is 0 Å². The summed E-state index contributed by atoms with van der Waals surface area (Å²) >= 11 is 1.93. The lowest BCUT2D eigenvalue weighted by Crippen LogP contribution is -2.30. The fourth-order valence-electron chi connectivity index (χ4n) is 1.81. The van der Waals surface area contributed by atoms with Gasteiger partial charge in [-0.15, -0.1) is 11.8 Å². The lowest BCUT2D eigenvalue weighted by molar-refractivity contribution is -0.119. The standard InChI is InChI=1S/C8H12OS/c9-7-5-4-6-2-1-3-8(7)10-6/h6,8H,1-5H2. The molecule has 56 valence electrons. The number of ketones is 1. The minimum absolute atomic E-state index is 0.396. The Labute approximate surface area is 65.6 Å². The van der Waals surface area contributed by atoms with Crippen molar-refractivity contribution in [1.82, 2.24) is 0 Å². The van der Waals surface area contributed by atoms with Crippen molar-refractivity contribution >= 4 is 17.5 Å². The van der Waals surface area contributed by atoms with Crippen molar-refractivity contribution in [3.05, 3.63) is 0 Å². The molecule has 2 aliphatic heterocycles. The summed E-state index contributed by atoms with van der Waals surface area (Å²) in [5.41, 5.74) is 0. The molecule has 0 aromatic carbocycles. The van der Waals surface area contributed by atoms with Crippen LogP contribution in [0.5, 0.6) is 0 Å². The topological polar surface area (TPSA) is 17.1 Å². The molecule has 0 radical (unpaired) electrons. The van der Waals surface area contributed by atoms with Crippen molar-refractivity contribution in [2.75, 3.05) is 0 Å². The minimum Gasteiger partial charge on any atom is -0.298 e. The third kappa shape index (κ3) is 1.09. The zero-order valence-corrected chi connectivity index (χ0v) is 6.82. The van der Waals surface area contributed by atoms with Gasteiger partial charge in [0.1, 0.15) is 5.78 Å². The Balaban J connectivity index is 2.07. The molecule has 0 N–H and O–H groups in total. The number of hydrogen-bond acceptors (Lipinski definition) is 2. The highest BCUT2D eigenvalue weighted by molar-refractivity contribution is 8.01. The lowest BCUT2D eigenvalue weighted by Gasteiger charge is -2.32. The van der Waals surface area contributed by atoms with E-state index in [1.54, 1.807) is 0 Å². The second-order valence-corrected chi connectivity index (χ2v) is 4.69. The van der Waals surface area contributed by atoms with Crippen molar-refractivity contribution in [3.8, 4) is 0 Å². The molecule has 1 nitrogen and oxygen atoms in total. The summed E-state index contributed by atoms with van der Waals surface area (Å²) in [5.74, 6) is 0.515. The zero-order chi connectivity index (χ0) is 6.97. The summed E-state index contributed by atoms with van der Waals surface area (Å²) in [6.07, 6.45) is 5.81. The van der Waals surface area contributed by atoms with Crippen molar-refractivity contribution < 1.29 is 4.79 Å². The van der Waals surface area contributed by atoms with Crippen LogP contribution in [-0.4, -0.2) is 16.3 Å². The highest BCUT2D eigenvalue weighted by atomic mass is 32.2. The minimum atomic E-state index is 0.396. The average molecular weight is 156 g/mol. The van der Waals surface area contributed by atoms with Crippen LogP contribution in [0.1, 0.15) is 32.1 Å². The van der Waals surface area contributed by atoms with E-state index in [1.807, 2.05) is 11.8 Å². The third-order valence-corrected chi connectivity index (χ3v) is 4.10. The zero-order valence-electron chi connectivity index (χ0n) is 6.01. The van der Waals surface area contributed by atoms with Crippen molar-refractivity contribution in [2.45, 2.75) is 42.6 Å². The number of rotatable bonds is 0. The molecule has 0 aromatic rings. The van der Waals surface area contributed by atoms with Gasteiger partial charge in [-0.25, -0.2) is 0 Å². The van der Waals surface area contributed by atoms with Crippen molar-refractivity contribution in [1.29, 1.82) is 0 Å². The predicted octanol–water partition coefficient (Wildman–Crippen LogP) is 2.00. The van der Waals surface area contributed by atoms with Crippen LogP contribution in [-0.2, 0) is 4.79 Å². The molecule has 0 aromatic heterocycles. The van der Waals surface area contributed by atoms with Crippen LogP contribution in [0.25, 0.3) is 0 Å². The molecule has 0 spiro atoms.